The Hall–Kier alpha value is -3.69. The number of aromatic nitrogens is 2. The Balaban J connectivity index is 1.30. The molecule has 2 aliphatic carbocycles. The molecule has 2 atom stereocenters. The van der Waals surface area contributed by atoms with E-state index in [0.29, 0.717) is 12.0 Å². The highest BCUT2D eigenvalue weighted by molar-refractivity contribution is 7.89. The summed E-state index contributed by atoms with van der Waals surface area (Å²) in [6, 6.07) is 17.9. The van der Waals surface area contributed by atoms with Crippen LogP contribution in [0.5, 0.6) is 0 Å². The van der Waals surface area contributed by atoms with Gasteiger partial charge in [-0.3, -0.25) is 0 Å². The van der Waals surface area contributed by atoms with Gasteiger partial charge in [0.25, 0.3) is 0 Å². The maximum atomic E-state index is 14.7. The molecule has 0 saturated carbocycles. The number of hydrogen-bond donors (Lipinski definition) is 0. The van der Waals surface area contributed by atoms with Gasteiger partial charge < -0.3 is 0 Å². The number of halogens is 3. The SMILES string of the molecule is C[C@@H]1C2=C(CC[C@@H]2CN(CCc2ccccc2F)S(=O)(=O)c2ccccc2F)Cc2c1cnn2-c1ccc(F)cc1. The summed E-state index contributed by atoms with van der Waals surface area (Å²) < 4.78 is 73.5. The monoisotopic (exact) mass is 577 g/mol. The largest absolute Gasteiger partial charge is 0.246 e. The second-order valence-electron chi connectivity index (χ2n) is 10.8. The van der Waals surface area contributed by atoms with Crippen molar-refractivity contribution in [1.82, 2.24) is 14.1 Å². The summed E-state index contributed by atoms with van der Waals surface area (Å²) >= 11 is 0. The fourth-order valence-electron chi connectivity index (χ4n) is 6.37. The molecule has 2 aliphatic rings. The molecule has 1 aromatic heterocycles. The maximum Gasteiger partial charge on any atom is 0.246 e. The first-order valence-corrected chi connectivity index (χ1v) is 15.2. The molecule has 5 nitrogen and oxygen atoms in total. The van der Waals surface area contributed by atoms with Gasteiger partial charge in [-0.05, 0) is 73.2 Å². The lowest BCUT2D eigenvalue weighted by Crippen LogP contribution is -2.38. The van der Waals surface area contributed by atoms with E-state index in [9.17, 15) is 21.6 Å². The molecule has 0 aliphatic heterocycles. The van der Waals surface area contributed by atoms with Crippen LogP contribution < -0.4 is 0 Å². The smallest absolute Gasteiger partial charge is 0.237 e. The van der Waals surface area contributed by atoms with Crippen LogP contribution in [0.15, 0.2) is 95.0 Å². The summed E-state index contributed by atoms with van der Waals surface area (Å²) in [4.78, 5) is -0.375. The minimum Gasteiger partial charge on any atom is -0.237 e. The average Bonchev–Trinajstić information content (AvgIpc) is 3.57. The molecule has 0 fully saturated rings. The normalized spacial score (nSPS) is 18.6. The van der Waals surface area contributed by atoms with Crippen molar-refractivity contribution in [2.45, 2.75) is 43.4 Å². The third kappa shape index (κ3) is 5.13. The van der Waals surface area contributed by atoms with Gasteiger partial charge in [0.1, 0.15) is 22.3 Å². The topological polar surface area (TPSA) is 55.2 Å². The molecule has 0 spiro atoms. The Morgan fingerprint density at radius 1 is 0.951 bits per heavy atom. The lowest BCUT2D eigenvalue weighted by atomic mass is 9.80. The average molecular weight is 578 g/mol. The molecule has 9 heteroatoms. The predicted molar refractivity (Wildman–Crippen MR) is 151 cm³/mol. The minimum atomic E-state index is -4.19. The number of benzene rings is 3. The van der Waals surface area contributed by atoms with Gasteiger partial charge in [-0.25, -0.2) is 26.3 Å². The van der Waals surface area contributed by atoms with E-state index < -0.39 is 21.7 Å². The first kappa shape index (κ1) is 27.5. The molecule has 41 heavy (non-hydrogen) atoms. The fraction of sp³-hybridized carbons (Fsp3) is 0.281. The van der Waals surface area contributed by atoms with E-state index in [1.54, 1.807) is 30.3 Å². The van der Waals surface area contributed by atoms with Gasteiger partial charge in [-0.15, -0.1) is 0 Å². The summed E-state index contributed by atoms with van der Waals surface area (Å²) in [6.45, 7) is 2.31. The Kier molecular flexibility index (Phi) is 7.34. The summed E-state index contributed by atoms with van der Waals surface area (Å²) in [6.07, 6.45) is 4.28. The Morgan fingerprint density at radius 2 is 1.66 bits per heavy atom. The van der Waals surface area contributed by atoms with Gasteiger partial charge in [0.05, 0.1) is 17.6 Å². The van der Waals surface area contributed by atoms with Crippen molar-refractivity contribution in [3.8, 4) is 5.69 Å². The lowest BCUT2D eigenvalue weighted by molar-refractivity contribution is 0.357. The first-order valence-electron chi connectivity index (χ1n) is 13.8. The number of rotatable bonds is 8. The molecule has 6 rings (SSSR count). The molecule has 4 aromatic rings. The molecule has 212 valence electrons. The van der Waals surface area contributed by atoms with E-state index in [-0.39, 0.29) is 42.1 Å². The number of nitrogens with zero attached hydrogens (tertiary/aromatic N) is 3. The van der Waals surface area contributed by atoms with Crippen molar-refractivity contribution >= 4 is 10.0 Å². The summed E-state index contributed by atoms with van der Waals surface area (Å²) in [7, 11) is -4.19. The van der Waals surface area contributed by atoms with Crippen molar-refractivity contribution in [3.05, 3.63) is 124 Å². The van der Waals surface area contributed by atoms with Crippen LogP contribution in [0.3, 0.4) is 0 Å². The zero-order valence-electron chi connectivity index (χ0n) is 22.6. The molecule has 1 heterocycles. The predicted octanol–water partition coefficient (Wildman–Crippen LogP) is 6.59. The Labute approximate surface area is 238 Å². The molecule has 3 aromatic carbocycles. The standard InChI is InChI=1S/C32H30F3N3O2S/c1-21-27-19-36-38(26-14-12-25(33)13-15-26)30(27)18-23-10-11-24(32(21)23)20-37(17-16-22-6-2-3-7-28(22)34)41(39,40)31-9-5-4-8-29(31)35/h2-9,12-15,19,21,24H,10-11,16-18,20H2,1H3/t21-,24+/m0/s1. The highest BCUT2D eigenvalue weighted by atomic mass is 32.2. The highest BCUT2D eigenvalue weighted by Gasteiger charge is 2.39. The van der Waals surface area contributed by atoms with Gasteiger partial charge in [0, 0.05) is 31.0 Å². The molecule has 0 N–H and O–H groups in total. The quantitative estimate of drug-likeness (QED) is 0.222. The fourth-order valence-corrected chi connectivity index (χ4v) is 7.92. The van der Waals surface area contributed by atoms with Crippen molar-refractivity contribution in [3.63, 3.8) is 0 Å². The third-order valence-corrected chi connectivity index (χ3v) is 10.3. The summed E-state index contributed by atoms with van der Waals surface area (Å²) in [5, 5.41) is 4.61. The molecule has 0 unspecified atom stereocenters. The van der Waals surface area contributed by atoms with Crippen LogP contribution in [-0.2, 0) is 22.9 Å². The maximum absolute atomic E-state index is 14.7. The van der Waals surface area contributed by atoms with Crippen molar-refractivity contribution in [2.24, 2.45) is 5.92 Å². The third-order valence-electron chi connectivity index (χ3n) is 8.40. The van der Waals surface area contributed by atoms with Gasteiger partial charge in [-0.1, -0.05) is 48.4 Å². The van der Waals surface area contributed by atoms with E-state index in [4.69, 9.17) is 0 Å². The van der Waals surface area contributed by atoms with Crippen molar-refractivity contribution in [1.29, 1.82) is 0 Å². The van der Waals surface area contributed by atoms with Crippen molar-refractivity contribution < 1.29 is 21.6 Å². The lowest BCUT2D eigenvalue weighted by Gasteiger charge is -2.31. The molecule has 0 bridgehead atoms. The number of sulfonamides is 1. The minimum absolute atomic E-state index is 0.0139. The molecule has 0 amide bonds. The molecular formula is C32H30F3N3O2S. The number of hydrogen-bond acceptors (Lipinski definition) is 3. The second kappa shape index (κ2) is 10.9. The van der Waals surface area contributed by atoms with Crippen LogP contribution in [0.1, 0.15) is 42.5 Å². The van der Waals surface area contributed by atoms with Crippen LogP contribution in [0.2, 0.25) is 0 Å². The van der Waals surface area contributed by atoms with Crippen molar-refractivity contribution in [2.75, 3.05) is 13.1 Å². The Bertz CT molecular complexity index is 1730. The van der Waals surface area contributed by atoms with Crippen LogP contribution in [-0.4, -0.2) is 35.6 Å². The summed E-state index contributed by atoms with van der Waals surface area (Å²) in [5.41, 5.74) is 5.78. The number of fused-ring (bicyclic) bond motifs is 1. The van der Waals surface area contributed by atoms with E-state index in [1.165, 1.54) is 51.8 Å². The highest BCUT2D eigenvalue weighted by Crippen LogP contribution is 2.47. The first-order chi connectivity index (χ1) is 19.7. The molecule has 0 saturated heterocycles. The van der Waals surface area contributed by atoms with E-state index in [0.717, 1.165) is 35.9 Å². The molecule has 0 radical (unpaired) electrons. The van der Waals surface area contributed by atoms with Crippen LogP contribution in [0, 0.1) is 23.4 Å². The number of allylic oxidation sites excluding steroid dienone is 1. The second-order valence-corrected chi connectivity index (χ2v) is 12.7. The Morgan fingerprint density at radius 3 is 2.39 bits per heavy atom. The zero-order chi connectivity index (χ0) is 28.7. The van der Waals surface area contributed by atoms with E-state index in [1.807, 2.05) is 10.9 Å². The van der Waals surface area contributed by atoms with Crippen LogP contribution in [0.25, 0.3) is 5.69 Å². The van der Waals surface area contributed by atoms with Gasteiger partial charge in [0.2, 0.25) is 10.0 Å². The van der Waals surface area contributed by atoms with E-state index >= 15 is 0 Å². The van der Waals surface area contributed by atoms with Gasteiger partial charge in [0.15, 0.2) is 0 Å². The van der Waals surface area contributed by atoms with E-state index in [2.05, 4.69) is 12.0 Å². The van der Waals surface area contributed by atoms with Crippen LogP contribution >= 0.6 is 0 Å². The van der Waals surface area contributed by atoms with Crippen LogP contribution in [0.4, 0.5) is 13.2 Å². The zero-order valence-corrected chi connectivity index (χ0v) is 23.4. The van der Waals surface area contributed by atoms with Gasteiger partial charge >= 0.3 is 0 Å². The summed E-state index contributed by atoms with van der Waals surface area (Å²) in [5.74, 6) is -1.56. The van der Waals surface area contributed by atoms with Gasteiger partial charge in [-0.2, -0.15) is 9.40 Å². The molecular weight excluding hydrogens is 547 g/mol.